The maximum atomic E-state index is 12.9. The summed E-state index contributed by atoms with van der Waals surface area (Å²) in [5.74, 6) is 0. The third-order valence-corrected chi connectivity index (χ3v) is 4.44. The van der Waals surface area contributed by atoms with E-state index in [-0.39, 0.29) is 5.28 Å². The van der Waals surface area contributed by atoms with Crippen LogP contribution >= 0.6 is 23.4 Å². The lowest BCUT2D eigenvalue weighted by molar-refractivity contribution is -0.137. The standard InChI is InChI=1S/C15H11ClF3N3S/c1-22-7-10(13-12(23-2)6-20-14(16)21-13)9-4-3-8(5-11(9)22)15(17,18)19/h3-7H,1-2H3. The summed E-state index contributed by atoms with van der Waals surface area (Å²) >= 11 is 7.33. The Labute approximate surface area is 139 Å². The number of halogens is 4. The van der Waals surface area contributed by atoms with Gasteiger partial charge in [0.1, 0.15) is 0 Å². The molecule has 2 aromatic heterocycles. The minimum Gasteiger partial charge on any atom is -0.350 e. The van der Waals surface area contributed by atoms with E-state index < -0.39 is 11.7 Å². The van der Waals surface area contributed by atoms with Crippen LogP contribution in [0, 0.1) is 0 Å². The lowest BCUT2D eigenvalue weighted by Crippen LogP contribution is -2.04. The van der Waals surface area contributed by atoms with Crippen molar-refractivity contribution in [1.29, 1.82) is 0 Å². The molecule has 0 N–H and O–H groups in total. The summed E-state index contributed by atoms with van der Waals surface area (Å²) in [5.41, 5.74) is 1.15. The van der Waals surface area contributed by atoms with Crippen LogP contribution in [0.5, 0.6) is 0 Å². The average Bonchev–Trinajstić information content (AvgIpc) is 2.83. The molecule has 8 heteroatoms. The number of aromatic nitrogens is 3. The van der Waals surface area contributed by atoms with Crippen LogP contribution in [0.4, 0.5) is 13.2 Å². The van der Waals surface area contributed by atoms with Crippen molar-refractivity contribution in [3.63, 3.8) is 0 Å². The predicted octanol–water partition coefficient (Wildman–Crippen LogP) is 5.03. The fourth-order valence-electron chi connectivity index (χ4n) is 2.44. The zero-order valence-electron chi connectivity index (χ0n) is 12.1. The normalized spacial score (nSPS) is 12.1. The molecule has 1 aromatic carbocycles. The van der Waals surface area contributed by atoms with E-state index in [9.17, 15) is 13.2 Å². The van der Waals surface area contributed by atoms with Gasteiger partial charge < -0.3 is 4.57 Å². The first-order valence-corrected chi connectivity index (χ1v) is 8.14. The summed E-state index contributed by atoms with van der Waals surface area (Å²) in [7, 11) is 1.70. The van der Waals surface area contributed by atoms with Crippen LogP contribution in [0.1, 0.15) is 5.56 Å². The van der Waals surface area contributed by atoms with Crippen molar-refractivity contribution < 1.29 is 13.2 Å². The third-order valence-electron chi connectivity index (χ3n) is 3.52. The van der Waals surface area contributed by atoms with Crippen LogP contribution in [0.3, 0.4) is 0 Å². The van der Waals surface area contributed by atoms with Gasteiger partial charge in [0.2, 0.25) is 5.28 Å². The lowest BCUT2D eigenvalue weighted by Gasteiger charge is -2.08. The molecule has 0 radical (unpaired) electrons. The number of aryl methyl sites for hydroxylation is 1. The Hall–Kier alpha value is -1.73. The number of rotatable bonds is 2. The molecule has 3 aromatic rings. The van der Waals surface area contributed by atoms with Gasteiger partial charge in [0.15, 0.2) is 0 Å². The highest BCUT2D eigenvalue weighted by molar-refractivity contribution is 7.98. The maximum Gasteiger partial charge on any atom is 0.416 e. The highest BCUT2D eigenvalue weighted by atomic mass is 35.5. The van der Waals surface area contributed by atoms with Crippen LogP contribution < -0.4 is 0 Å². The summed E-state index contributed by atoms with van der Waals surface area (Å²) in [5, 5.41) is 0.785. The van der Waals surface area contributed by atoms with Gasteiger partial charge in [-0.25, -0.2) is 9.97 Å². The molecule has 3 rings (SSSR count). The summed E-state index contributed by atoms with van der Waals surface area (Å²) in [6, 6.07) is 3.68. The number of alkyl halides is 3. The second-order valence-electron chi connectivity index (χ2n) is 4.94. The molecule has 0 amide bonds. The Kier molecular flexibility index (Phi) is 4.01. The van der Waals surface area contributed by atoms with Gasteiger partial charge >= 0.3 is 6.18 Å². The minimum absolute atomic E-state index is 0.0988. The van der Waals surface area contributed by atoms with Gasteiger partial charge in [-0.2, -0.15) is 13.2 Å². The van der Waals surface area contributed by atoms with Crippen molar-refractivity contribution >= 4 is 34.3 Å². The van der Waals surface area contributed by atoms with Crippen molar-refractivity contribution in [3.8, 4) is 11.3 Å². The molecule has 0 aliphatic heterocycles. The molecule has 0 unspecified atom stereocenters. The monoisotopic (exact) mass is 357 g/mol. The number of thioether (sulfide) groups is 1. The SMILES string of the molecule is CSc1cnc(Cl)nc1-c1cn(C)c2cc(C(F)(F)F)ccc12. The van der Waals surface area contributed by atoms with Crippen molar-refractivity contribution in [3.05, 3.63) is 41.4 Å². The van der Waals surface area contributed by atoms with Crippen molar-refractivity contribution in [1.82, 2.24) is 14.5 Å². The first-order chi connectivity index (χ1) is 10.8. The number of fused-ring (bicyclic) bond motifs is 1. The maximum absolute atomic E-state index is 12.9. The van der Waals surface area contributed by atoms with Crippen molar-refractivity contribution in [2.24, 2.45) is 7.05 Å². The van der Waals surface area contributed by atoms with Gasteiger partial charge in [0, 0.05) is 35.9 Å². The van der Waals surface area contributed by atoms with Crippen LogP contribution in [0.15, 0.2) is 35.5 Å². The molecule has 23 heavy (non-hydrogen) atoms. The Balaban J connectivity index is 2.26. The molecular formula is C15H11ClF3N3S. The highest BCUT2D eigenvalue weighted by Gasteiger charge is 2.31. The summed E-state index contributed by atoms with van der Waals surface area (Å²) in [4.78, 5) is 9.00. The molecular weight excluding hydrogens is 347 g/mol. The Bertz CT molecular complexity index is 890. The lowest BCUT2D eigenvalue weighted by atomic mass is 10.1. The van der Waals surface area contributed by atoms with E-state index in [1.807, 2.05) is 6.26 Å². The Morgan fingerprint density at radius 2 is 2.00 bits per heavy atom. The molecule has 0 fully saturated rings. The quantitative estimate of drug-likeness (QED) is 0.476. The van der Waals surface area contributed by atoms with Crippen molar-refractivity contribution in [2.45, 2.75) is 11.1 Å². The van der Waals surface area contributed by atoms with E-state index in [1.165, 1.54) is 17.8 Å². The fraction of sp³-hybridized carbons (Fsp3) is 0.200. The van der Waals surface area contributed by atoms with Gasteiger partial charge in [-0.15, -0.1) is 11.8 Å². The molecule has 0 bridgehead atoms. The summed E-state index contributed by atoms with van der Waals surface area (Å²) in [6.07, 6.45) is 0.867. The van der Waals surface area contributed by atoms with Gasteiger partial charge in [0.05, 0.1) is 16.2 Å². The van der Waals surface area contributed by atoms with E-state index >= 15 is 0 Å². The second kappa shape index (κ2) is 5.72. The number of benzene rings is 1. The van der Waals surface area contributed by atoms with Crippen LogP contribution in [-0.2, 0) is 13.2 Å². The molecule has 0 aliphatic rings. The van der Waals surface area contributed by atoms with Crippen molar-refractivity contribution in [2.75, 3.05) is 6.26 Å². The molecule has 0 spiro atoms. The highest BCUT2D eigenvalue weighted by Crippen LogP contribution is 2.37. The smallest absolute Gasteiger partial charge is 0.350 e. The summed E-state index contributed by atoms with van der Waals surface area (Å²) < 4.78 is 40.3. The largest absolute Gasteiger partial charge is 0.416 e. The number of nitrogens with zero attached hydrogens (tertiary/aromatic N) is 3. The zero-order valence-corrected chi connectivity index (χ0v) is 13.7. The molecule has 0 saturated heterocycles. The topological polar surface area (TPSA) is 30.7 Å². The van der Waals surface area contributed by atoms with Gasteiger partial charge in [-0.05, 0) is 30.0 Å². The predicted molar refractivity (Wildman–Crippen MR) is 85.7 cm³/mol. The molecule has 0 atom stereocenters. The average molecular weight is 358 g/mol. The molecule has 2 heterocycles. The number of hydrogen-bond donors (Lipinski definition) is 0. The van der Waals surface area contributed by atoms with E-state index in [1.54, 1.807) is 24.0 Å². The summed E-state index contributed by atoms with van der Waals surface area (Å²) in [6.45, 7) is 0. The van der Waals surface area contributed by atoms with E-state index in [4.69, 9.17) is 11.6 Å². The fourth-order valence-corrected chi connectivity index (χ4v) is 3.08. The van der Waals surface area contributed by atoms with Gasteiger partial charge in [-0.1, -0.05) is 6.07 Å². The van der Waals surface area contributed by atoms with E-state index in [2.05, 4.69) is 9.97 Å². The molecule has 0 aliphatic carbocycles. The Morgan fingerprint density at radius 3 is 2.65 bits per heavy atom. The zero-order chi connectivity index (χ0) is 16.8. The van der Waals surface area contributed by atoms with Gasteiger partial charge in [-0.3, -0.25) is 0 Å². The second-order valence-corrected chi connectivity index (χ2v) is 6.13. The third kappa shape index (κ3) is 2.90. The van der Waals surface area contributed by atoms with E-state index in [0.29, 0.717) is 16.6 Å². The Morgan fingerprint density at radius 1 is 1.26 bits per heavy atom. The van der Waals surface area contributed by atoms with Crippen LogP contribution in [0.25, 0.3) is 22.2 Å². The van der Waals surface area contributed by atoms with Gasteiger partial charge in [0.25, 0.3) is 0 Å². The first kappa shape index (κ1) is 16.1. The minimum atomic E-state index is -4.37. The van der Waals surface area contributed by atoms with Crippen LogP contribution in [0.2, 0.25) is 5.28 Å². The first-order valence-electron chi connectivity index (χ1n) is 6.54. The number of hydrogen-bond acceptors (Lipinski definition) is 3. The van der Waals surface area contributed by atoms with E-state index in [0.717, 1.165) is 22.6 Å². The van der Waals surface area contributed by atoms with Crippen LogP contribution in [-0.4, -0.2) is 20.8 Å². The molecule has 3 nitrogen and oxygen atoms in total. The molecule has 120 valence electrons. The molecule has 0 saturated carbocycles.